The zero-order chi connectivity index (χ0) is 19.4. The van der Waals surface area contributed by atoms with Crippen LogP contribution < -0.4 is 16.0 Å². The van der Waals surface area contributed by atoms with E-state index in [9.17, 15) is 24.6 Å². The summed E-state index contributed by atoms with van der Waals surface area (Å²) in [7, 11) is 0. The number of phenols is 1. The normalized spacial score (nSPS) is 12.1. The van der Waals surface area contributed by atoms with E-state index in [-0.39, 0.29) is 29.7 Å². The molecule has 0 unspecified atom stereocenters. The van der Waals surface area contributed by atoms with Crippen LogP contribution in [0.5, 0.6) is 5.75 Å². The van der Waals surface area contributed by atoms with Crippen LogP contribution in [0.3, 0.4) is 0 Å². The van der Waals surface area contributed by atoms with Crippen molar-refractivity contribution < 1.29 is 24.2 Å². The second-order valence-electron chi connectivity index (χ2n) is 6.34. The van der Waals surface area contributed by atoms with Gasteiger partial charge in [-0.15, -0.1) is 0 Å². The third-order valence-corrected chi connectivity index (χ3v) is 4.48. The average Bonchev–Trinajstić information content (AvgIpc) is 2.58. The number of hydrogen-bond donors (Lipinski definition) is 2. The topological polar surface area (TPSA) is 120 Å². The van der Waals surface area contributed by atoms with Crippen molar-refractivity contribution >= 4 is 22.8 Å². The number of carbonyl (C=O) groups excluding carboxylic acids is 2. The van der Waals surface area contributed by atoms with Gasteiger partial charge in [-0.05, 0) is 38.0 Å². The first-order valence-electron chi connectivity index (χ1n) is 8.51. The van der Waals surface area contributed by atoms with Gasteiger partial charge in [0.15, 0.2) is 0 Å². The van der Waals surface area contributed by atoms with Crippen LogP contribution in [-0.2, 0) is 16.0 Å². The van der Waals surface area contributed by atoms with E-state index in [4.69, 9.17) is 4.42 Å². The smallest absolute Gasteiger partial charge is 0.340 e. The van der Waals surface area contributed by atoms with E-state index in [1.165, 1.54) is 6.07 Å². The SMILES string of the molecule is CCCC[C@@H](NC(=O)Cc1c(C)c2ccc(O)c(C)c2oc1=O)C(=O)[O-]. The molecule has 1 atom stereocenters. The summed E-state index contributed by atoms with van der Waals surface area (Å²) in [4.78, 5) is 35.7. The minimum absolute atomic E-state index is 0.0123. The first kappa shape index (κ1) is 19.5. The van der Waals surface area contributed by atoms with Gasteiger partial charge in [-0.3, -0.25) is 4.79 Å². The van der Waals surface area contributed by atoms with E-state index in [0.717, 1.165) is 6.42 Å². The molecule has 0 saturated heterocycles. The highest BCUT2D eigenvalue weighted by Gasteiger charge is 2.19. The molecule has 0 radical (unpaired) electrons. The summed E-state index contributed by atoms with van der Waals surface area (Å²) < 4.78 is 5.28. The summed E-state index contributed by atoms with van der Waals surface area (Å²) in [6.45, 7) is 5.23. The number of rotatable bonds is 7. The molecule has 0 fully saturated rings. The summed E-state index contributed by atoms with van der Waals surface area (Å²) in [6.07, 6.45) is 1.41. The van der Waals surface area contributed by atoms with Crippen molar-refractivity contribution in [3.63, 3.8) is 0 Å². The molecule has 1 heterocycles. The molecule has 0 aliphatic rings. The lowest BCUT2D eigenvalue weighted by atomic mass is 10.0. The second kappa shape index (κ2) is 8.03. The molecule has 0 bridgehead atoms. The molecule has 1 aromatic carbocycles. The van der Waals surface area contributed by atoms with Crippen LogP contribution in [0.1, 0.15) is 42.9 Å². The van der Waals surface area contributed by atoms with E-state index in [0.29, 0.717) is 22.9 Å². The number of aliphatic carboxylic acids is 1. The van der Waals surface area contributed by atoms with Crippen LogP contribution in [0.25, 0.3) is 11.0 Å². The van der Waals surface area contributed by atoms with Crippen molar-refractivity contribution in [1.82, 2.24) is 5.32 Å². The van der Waals surface area contributed by atoms with Gasteiger partial charge in [0.1, 0.15) is 11.3 Å². The minimum Gasteiger partial charge on any atom is -0.548 e. The lowest BCUT2D eigenvalue weighted by molar-refractivity contribution is -0.308. The van der Waals surface area contributed by atoms with Crippen molar-refractivity contribution in [1.29, 1.82) is 0 Å². The number of carboxylic acid groups (broad SMARTS) is 1. The molecule has 140 valence electrons. The maximum atomic E-state index is 12.3. The number of carbonyl (C=O) groups is 2. The third kappa shape index (κ3) is 4.04. The Bertz CT molecular complexity index is 899. The van der Waals surface area contributed by atoms with Crippen LogP contribution in [-0.4, -0.2) is 23.0 Å². The van der Waals surface area contributed by atoms with Crippen molar-refractivity contribution in [2.45, 2.75) is 52.5 Å². The summed E-state index contributed by atoms with van der Waals surface area (Å²) in [5.74, 6) is -1.92. The highest BCUT2D eigenvalue weighted by molar-refractivity contribution is 5.88. The van der Waals surface area contributed by atoms with E-state index in [2.05, 4.69) is 5.32 Å². The molecular formula is C19H22NO6-. The van der Waals surface area contributed by atoms with Crippen LogP contribution in [0.4, 0.5) is 0 Å². The van der Waals surface area contributed by atoms with Crippen LogP contribution in [0, 0.1) is 13.8 Å². The van der Waals surface area contributed by atoms with E-state index in [1.807, 2.05) is 6.92 Å². The summed E-state index contributed by atoms with van der Waals surface area (Å²) in [5, 5.41) is 23.9. The van der Waals surface area contributed by atoms with Crippen molar-refractivity contribution in [3.05, 3.63) is 39.2 Å². The van der Waals surface area contributed by atoms with Gasteiger partial charge in [0.2, 0.25) is 5.91 Å². The molecule has 2 aromatic rings. The number of carboxylic acids is 1. The van der Waals surface area contributed by atoms with Gasteiger partial charge in [0, 0.05) is 10.9 Å². The van der Waals surface area contributed by atoms with Crippen molar-refractivity contribution in [2.75, 3.05) is 0 Å². The molecule has 0 aliphatic heterocycles. The molecule has 0 saturated carbocycles. The molecular weight excluding hydrogens is 338 g/mol. The number of unbranched alkanes of at least 4 members (excludes halogenated alkanes) is 1. The van der Waals surface area contributed by atoms with Crippen LogP contribution in [0.15, 0.2) is 21.3 Å². The fraction of sp³-hybridized carbons (Fsp3) is 0.421. The quantitative estimate of drug-likeness (QED) is 0.713. The van der Waals surface area contributed by atoms with Crippen molar-refractivity contribution in [3.8, 4) is 5.75 Å². The molecule has 2 rings (SSSR count). The predicted molar refractivity (Wildman–Crippen MR) is 93.8 cm³/mol. The number of aryl methyl sites for hydroxylation is 2. The van der Waals surface area contributed by atoms with Crippen LogP contribution in [0.2, 0.25) is 0 Å². The number of fused-ring (bicyclic) bond motifs is 1. The average molecular weight is 360 g/mol. The highest BCUT2D eigenvalue weighted by atomic mass is 16.4. The zero-order valence-electron chi connectivity index (χ0n) is 15.0. The number of amides is 1. The Hall–Kier alpha value is -2.83. The van der Waals surface area contributed by atoms with Crippen molar-refractivity contribution in [2.24, 2.45) is 0 Å². The first-order chi connectivity index (χ1) is 12.3. The Kier molecular flexibility index (Phi) is 6.02. The van der Waals surface area contributed by atoms with Gasteiger partial charge in [0.05, 0.1) is 24.0 Å². The first-order valence-corrected chi connectivity index (χ1v) is 8.51. The molecule has 1 aromatic heterocycles. The summed E-state index contributed by atoms with van der Waals surface area (Å²) >= 11 is 0. The molecule has 0 spiro atoms. The Morgan fingerprint density at radius 2 is 1.96 bits per heavy atom. The number of phenolic OH excluding ortho intramolecular Hbond substituents is 1. The van der Waals surface area contributed by atoms with Crippen LogP contribution >= 0.6 is 0 Å². The number of hydrogen-bond acceptors (Lipinski definition) is 6. The Morgan fingerprint density at radius 3 is 2.58 bits per heavy atom. The van der Waals surface area contributed by atoms with Gasteiger partial charge in [-0.1, -0.05) is 19.8 Å². The lowest BCUT2D eigenvalue weighted by Gasteiger charge is -2.19. The minimum atomic E-state index is -1.35. The second-order valence-corrected chi connectivity index (χ2v) is 6.34. The van der Waals surface area contributed by atoms with Gasteiger partial charge in [0.25, 0.3) is 0 Å². The maximum absolute atomic E-state index is 12.3. The van der Waals surface area contributed by atoms with Gasteiger partial charge in [-0.2, -0.15) is 0 Å². The molecule has 7 nitrogen and oxygen atoms in total. The molecule has 26 heavy (non-hydrogen) atoms. The predicted octanol–water partition coefficient (Wildman–Crippen LogP) is 1.08. The largest absolute Gasteiger partial charge is 0.548 e. The molecule has 7 heteroatoms. The van der Waals surface area contributed by atoms with E-state index in [1.54, 1.807) is 19.9 Å². The number of nitrogens with one attached hydrogen (secondary N) is 1. The van der Waals surface area contributed by atoms with Gasteiger partial charge in [-0.25, -0.2) is 4.79 Å². The van der Waals surface area contributed by atoms with Gasteiger partial charge >= 0.3 is 5.63 Å². The summed E-state index contributed by atoms with van der Waals surface area (Å²) in [6, 6.07) is 2.02. The van der Waals surface area contributed by atoms with E-state index >= 15 is 0 Å². The zero-order valence-corrected chi connectivity index (χ0v) is 15.0. The molecule has 2 N–H and O–H groups in total. The number of benzene rings is 1. The maximum Gasteiger partial charge on any atom is 0.340 e. The fourth-order valence-corrected chi connectivity index (χ4v) is 2.85. The Morgan fingerprint density at radius 1 is 1.27 bits per heavy atom. The van der Waals surface area contributed by atoms with E-state index < -0.39 is 23.5 Å². The molecule has 0 aliphatic carbocycles. The van der Waals surface area contributed by atoms with Gasteiger partial charge < -0.3 is 24.7 Å². The summed E-state index contributed by atoms with van der Waals surface area (Å²) in [5.41, 5.74) is 0.751. The lowest BCUT2D eigenvalue weighted by Crippen LogP contribution is -2.48. The Balaban J connectivity index is 2.30. The fourth-order valence-electron chi connectivity index (χ4n) is 2.85. The Labute approximate surface area is 150 Å². The number of aromatic hydroxyl groups is 1. The standard InChI is InChI=1S/C19H23NO6/c1-4-5-6-14(18(23)24)20-16(22)9-13-10(2)12-7-8-15(21)11(3)17(12)26-19(13)25/h7-8,14,21H,4-6,9H2,1-3H3,(H,20,22)(H,23,24)/p-1/t14-/m1/s1. The highest BCUT2D eigenvalue weighted by Crippen LogP contribution is 2.28. The molecule has 1 amide bonds. The third-order valence-electron chi connectivity index (χ3n) is 4.48. The monoisotopic (exact) mass is 360 g/mol.